The van der Waals surface area contributed by atoms with Crippen LogP contribution in [0.4, 0.5) is 14.5 Å². The number of hydrogen-bond donors (Lipinski definition) is 1. The van der Waals surface area contributed by atoms with E-state index in [9.17, 15) is 18.7 Å². The van der Waals surface area contributed by atoms with E-state index in [2.05, 4.69) is 33.9 Å². The molecule has 0 saturated carbocycles. The fraction of sp³-hybridized carbons (Fsp3) is 0.367. The summed E-state index contributed by atoms with van der Waals surface area (Å²) in [5, 5.41) is 9.79. The summed E-state index contributed by atoms with van der Waals surface area (Å²) in [5.74, 6) is -0.848. The Morgan fingerprint density at radius 3 is 2.00 bits per heavy atom. The van der Waals surface area contributed by atoms with Crippen molar-refractivity contribution >= 4 is 19.9 Å². The Balaban J connectivity index is 1.61. The number of nitrogens with zero attached hydrogens (tertiary/aromatic N) is 1. The van der Waals surface area contributed by atoms with Crippen LogP contribution in [0.1, 0.15) is 56.9 Å². The average Bonchev–Trinajstić information content (AvgIpc) is 2.83. The van der Waals surface area contributed by atoms with Crippen molar-refractivity contribution in [3.8, 4) is 5.75 Å². The van der Waals surface area contributed by atoms with Crippen molar-refractivity contribution in [1.29, 1.82) is 0 Å². The maximum Gasteiger partial charge on any atom is 0.233 e. The van der Waals surface area contributed by atoms with Crippen LogP contribution in [0.5, 0.6) is 5.75 Å². The normalized spacial score (nSPS) is 19.0. The lowest BCUT2D eigenvalue weighted by Crippen LogP contribution is -2.55. The van der Waals surface area contributed by atoms with Crippen LogP contribution in [-0.2, 0) is 9.22 Å². The van der Waals surface area contributed by atoms with Crippen molar-refractivity contribution in [2.75, 3.05) is 4.90 Å². The Kier molecular flexibility index (Phi) is 7.58. The minimum Gasteiger partial charge on any atom is -0.508 e. The number of rotatable bonds is 8. The van der Waals surface area contributed by atoms with Crippen LogP contribution < -0.4 is 4.90 Å². The lowest BCUT2D eigenvalue weighted by atomic mass is 9.78. The number of aromatic hydroxyl groups is 1. The van der Waals surface area contributed by atoms with Gasteiger partial charge in [-0.1, -0.05) is 45.0 Å². The molecule has 1 heterocycles. The molecule has 0 radical (unpaired) electrons. The first-order chi connectivity index (χ1) is 17.4. The van der Waals surface area contributed by atoms with Crippen LogP contribution in [0.25, 0.3) is 0 Å². The highest BCUT2D eigenvalue weighted by molar-refractivity contribution is 6.74. The summed E-state index contributed by atoms with van der Waals surface area (Å²) < 4.78 is 34.0. The Morgan fingerprint density at radius 2 is 1.46 bits per heavy atom. The molecule has 3 atom stereocenters. The van der Waals surface area contributed by atoms with Gasteiger partial charge < -0.3 is 14.4 Å². The van der Waals surface area contributed by atoms with Gasteiger partial charge in [0.25, 0.3) is 0 Å². The molecule has 1 fully saturated rings. The summed E-state index contributed by atoms with van der Waals surface area (Å²) in [6.45, 7) is 10.9. The summed E-state index contributed by atoms with van der Waals surface area (Å²) in [6, 6.07) is 18.9. The maximum atomic E-state index is 13.7. The number of halogens is 2. The van der Waals surface area contributed by atoms with Crippen molar-refractivity contribution in [3.05, 3.63) is 95.6 Å². The van der Waals surface area contributed by atoms with Gasteiger partial charge in [0.05, 0.1) is 18.1 Å². The third-order valence-electron chi connectivity index (χ3n) is 7.78. The number of carbonyl (C=O) groups is 1. The molecule has 1 amide bonds. The lowest BCUT2D eigenvalue weighted by molar-refractivity contribution is -0.131. The number of hydrogen-bond acceptors (Lipinski definition) is 3. The molecule has 4 nitrogen and oxygen atoms in total. The van der Waals surface area contributed by atoms with Crippen LogP contribution in [0.2, 0.25) is 18.1 Å². The molecule has 0 bridgehead atoms. The van der Waals surface area contributed by atoms with Gasteiger partial charge in [0, 0.05) is 5.69 Å². The Labute approximate surface area is 219 Å². The molecule has 3 aromatic rings. The summed E-state index contributed by atoms with van der Waals surface area (Å²) in [6.07, 6.45) is 0.897. The van der Waals surface area contributed by atoms with Gasteiger partial charge in [0.15, 0.2) is 8.32 Å². The zero-order chi connectivity index (χ0) is 27.0. The first-order valence-corrected chi connectivity index (χ1v) is 15.6. The second-order valence-electron chi connectivity index (χ2n) is 11.3. The van der Waals surface area contributed by atoms with E-state index < -0.39 is 8.32 Å². The number of carbonyl (C=O) groups excluding carboxylic acids is 1. The minimum atomic E-state index is -2.16. The molecule has 0 unspecified atom stereocenters. The Morgan fingerprint density at radius 1 is 0.919 bits per heavy atom. The highest BCUT2D eigenvalue weighted by atomic mass is 28.4. The zero-order valence-electron chi connectivity index (χ0n) is 22.0. The van der Waals surface area contributed by atoms with Gasteiger partial charge in [-0.2, -0.15) is 0 Å². The van der Waals surface area contributed by atoms with Gasteiger partial charge in [-0.05, 0) is 90.6 Å². The van der Waals surface area contributed by atoms with E-state index in [1.807, 2.05) is 12.1 Å². The van der Waals surface area contributed by atoms with Gasteiger partial charge in [-0.25, -0.2) is 8.78 Å². The Bertz CT molecular complexity index is 1220. The molecule has 3 aromatic carbocycles. The van der Waals surface area contributed by atoms with Crippen molar-refractivity contribution in [2.45, 2.75) is 63.9 Å². The number of amides is 1. The van der Waals surface area contributed by atoms with Crippen LogP contribution in [-0.4, -0.2) is 19.3 Å². The molecule has 1 aliphatic rings. The van der Waals surface area contributed by atoms with Crippen molar-refractivity contribution < 1.29 is 23.1 Å². The van der Waals surface area contributed by atoms with E-state index in [-0.39, 0.29) is 46.4 Å². The first kappa shape index (κ1) is 27.0. The monoisotopic (exact) mass is 523 g/mol. The van der Waals surface area contributed by atoms with Crippen molar-refractivity contribution in [2.24, 2.45) is 5.92 Å². The highest BCUT2D eigenvalue weighted by Gasteiger charge is 2.49. The number of phenolic OH excluding ortho intramolecular Hbond substituents is 1. The van der Waals surface area contributed by atoms with Crippen LogP contribution >= 0.6 is 0 Å². The molecule has 1 saturated heterocycles. The first-order valence-electron chi connectivity index (χ1n) is 12.7. The highest BCUT2D eigenvalue weighted by Crippen LogP contribution is 2.48. The third kappa shape index (κ3) is 5.78. The summed E-state index contributed by atoms with van der Waals surface area (Å²) in [7, 11) is -2.16. The SMILES string of the molecule is CC(C)(C)[Si](C)(C)O[C@@H](CC[C@H]1C(=O)N(c2ccc(F)cc2)[C@@H]1c1ccc(O)cc1)c1ccc(F)cc1. The summed E-state index contributed by atoms with van der Waals surface area (Å²) in [4.78, 5) is 15.1. The summed E-state index contributed by atoms with van der Waals surface area (Å²) in [5.41, 5.74) is 2.43. The third-order valence-corrected chi connectivity index (χ3v) is 12.3. The van der Waals surface area contributed by atoms with Crippen molar-refractivity contribution in [3.63, 3.8) is 0 Å². The molecular weight excluding hydrogens is 488 g/mol. The molecule has 196 valence electrons. The molecule has 1 N–H and O–H groups in total. The smallest absolute Gasteiger partial charge is 0.233 e. The van der Waals surface area contributed by atoms with Crippen LogP contribution in [0, 0.1) is 17.6 Å². The van der Waals surface area contributed by atoms with Gasteiger partial charge in [-0.15, -0.1) is 0 Å². The number of β-lactam (4-membered cyclic amide) rings is 1. The molecule has 1 aliphatic heterocycles. The van der Waals surface area contributed by atoms with Gasteiger partial charge >= 0.3 is 0 Å². The second-order valence-corrected chi connectivity index (χ2v) is 16.1. The molecular formula is C30H35F2NO3Si. The van der Waals surface area contributed by atoms with Crippen molar-refractivity contribution in [1.82, 2.24) is 0 Å². The number of benzene rings is 3. The van der Waals surface area contributed by atoms with Gasteiger partial charge in [0.1, 0.15) is 17.4 Å². The predicted molar refractivity (Wildman–Crippen MR) is 145 cm³/mol. The van der Waals surface area contributed by atoms with E-state index in [0.717, 1.165) is 11.1 Å². The standard InChI is InChI=1S/C30H35F2NO3Si/c1-30(2,3)37(4,5)36-27(20-6-10-22(31)11-7-20)19-18-26-28(21-8-16-25(34)17-9-21)33(29(26)35)24-14-12-23(32)13-15-24/h6-17,26-28,34H,18-19H2,1-5H3/t26-,27+,28-/m1/s1. The Hall–Kier alpha value is -3.03. The topological polar surface area (TPSA) is 49.8 Å². The average molecular weight is 524 g/mol. The van der Waals surface area contributed by atoms with Crippen LogP contribution in [0.3, 0.4) is 0 Å². The number of phenols is 1. The number of anilines is 1. The fourth-order valence-corrected chi connectivity index (χ4v) is 5.93. The van der Waals surface area contributed by atoms with E-state index >= 15 is 0 Å². The van der Waals surface area contributed by atoms with E-state index in [4.69, 9.17) is 4.43 Å². The predicted octanol–water partition coefficient (Wildman–Crippen LogP) is 7.92. The molecule has 0 spiro atoms. The molecule has 0 aromatic heterocycles. The van der Waals surface area contributed by atoms with E-state index in [1.54, 1.807) is 41.3 Å². The summed E-state index contributed by atoms with van der Waals surface area (Å²) >= 11 is 0. The van der Waals surface area contributed by atoms with E-state index in [0.29, 0.717) is 18.5 Å². The second kappa shape index (κ2) is 10.4. The maximum absolute atomic E-state index is 13.7. The fourth-order valence-electron chi connectivity index (χ4n) is 4.61. The molecule has 4 rings (SSSR count). The van der Waals surface area contributed by atoms with Crippen LogP contribution in [0.15, 0.2) is 72.8 Å². The molecule has 0 aliphatic carbocycles. The van der Waals surface area contributed by atoms with E-state index in [1.165, 1.54) is 24.3 Å². The largest absolute Gasteiger partial charge is 0.508 e. The lowest BCUT2D eigenvalue weighted by Gasteiger charge is -2.48. The van der Waals surface area contributed by atoms with Gasteiger partial charge in [0.2, 0.25) is 5.91 Å². The quantitative estimate of drug-likeness (QED) is 0.241. The molecule has 7 heteroatoms. The van der Waals surface area contributed by atoms with Gasteiger partial charge in [-0.3, -0.25) is 4.79 Å². The zero-order valence-corrected chi connectivity index (χ0v) is 23.0. The molecule has 37 heavy (non-hydrogen) atoms. The minimum absolute atomic E-state index is 0.00841.